The maximum absolute atomic E-state index is 11.6. The van der Waals surface area contributed by atoms with Gasteiger partial charge in [-0.1, -0.05) is 6.07 Å². The van der Waals surface area contributed by atoms with E-state index in [9.17, 15) is 14.9 Å². The number of nitrogens with zero attached hydrogens (tertiary/aromatic N) is 1. The number of carboxylic acids is 1. The molecule has 0 fully saturated rings. The van der Waals surface area contributed by atoms with Crippen molar-refractivity contribution in [3.63, 3.8) is 0 Å². The Bertz CT molecular complexity index is 608. The van der Waals surface area contributed by atoms with Crippen LogP contribution in [-0.2, 0) is 6.42 Å². The van der Waals surface area contributed by atoms with E-state index in [0.717, 1.165) is 10.6 Å². The van der Waals surface area contributed by atoms with Crippen LogP contribution in [0.15, 0.2) is 24.0 Å². The van der Waals surface area contributed by atoms with Crippen LogP contribution in [-0.4, -0.2) is 29.8 Å². The number of nitrogens with two attached hydrogens (primary N) is 3. The van der Waals surface area contributed by atoms with Gasteiger partial charge >= 0.3 is 13.1 Å². The Morgan fingerprint density at radius 3 is 2.86 bits per heavy atom. The number of aryl methyl sites for hydroxylation is 1. The molecule has 1 heterocycles. The molecule has 1 aliphatic rings. The van der Waals surface area contributed by atoms with Gasteiger partial charge in [-0.2, -0.15) is 0 Å². The third-order valence-corrected chi connectivity index (χ3v) is 3.36. The summed E-state index contributed by atoms with van der Waals surface area (Å²) < 4.78 is 5.29. The minimum absolute atomic E-state index is 0.101. The quantitative estimate of drug-likeness (QED) is 0.281. The Balaban J connectivity index is 2.46. The minimum Gasteiger partial charge on any atom is -0.535 e. The lowest BCUT2D eigenvalue weighted by Crippen LogP contribution is -2.31. The highest BCUT2D eigenvalue weighted by atomic mass is 16.5. The molecular formula is C13H19BN4O4. The Morgan fingerprint density at radius 1 is 1.50 bits per heavy atom. The predicted octanol–water partition coefficient (Wildman–Crippen LogP) is -0.371. The molecule has 1 aromatic rings. The van der Waals surface area contributed by atoms with Crippen molar-refractivity contribution in [3.05, 3.63) is 35.2 Å². The number of hydrazine groups is 1. The molecule has 0 bridgehead atoms. The molecule has 22 heavy (non-hydrogen) atoms. The number of benzene rings is 1. The molecule has 0 atom stereocenters. The molecule has 9 heteroatoms. The highest BCUT2D eigenvalue weighted by molar-refractivity contribution is 6.44. The molecule has 0 radical (unpaired) electrons. The van der Waals surface area contributed by atoms with E-state index < -0.39 is 13.1 Å². The molecule has 1 aliphatic heterocycles. The number of anilines is 1. The zero-order valence-electron chi connectivity index (χ0n) is 12.0. The molecule has 8 N–H and O–H groups in total. The predicted molar refractivity (Wildman–Crippen MR) is 83.1 cm³/mol. The summed E-state index contributed by atoms with van der Waals surface area (Å²) in [4.78, 5) is 11.6. The molecule has 8 nitrogen and oxygen atoms in total. The van der Waals surface area contributed by atoms with E-state index in [-0.39, 0.29) is 17.0 Å². The second-order valence-corrected chi connectivity index (χ2v) is 5.01. The number of hydrogen-bond donors (Lipinski definition) is 5. The topological polar surface area (TPSA) is 148 Å². The normalized spacial score (nSPS) is 14.3. The molecule has 0 saturated carbocycles. The van der Waals surface area contributed by atoms with Gasteiger partial charge in [0, 0.05) is 18.3 Å². The molecule has 0 spiro atoms. The van der Waals surface area contributed by atoms with Gasteiger partial charge in [0.25, 0.3) is 0 Å². The second-order valence-electron chi connectivity index (χ2n) is 5.01. The Kier molecular flexibility index (Phi) is 4.91. The van der Waals surface area contributed by atoms with Crippen LogP contribution in [0.4, 0.5) is 5.69 Å². The average molecular weight is 306 g/mol. The number of fused-ring (bicyclic) bond motifs is 1. The Hall–Kier alpha value is -2.23. The van der Waals surface area contributed by atoms with Crippen molar-refractivity contribution in [2.45, 2.75) is 19.2 Å². The van der Waals surface area contributed by atoms with E-state index >= 15 is 0 Å². The summed E-state index contributed by atoms with van der Waals surface area (Å²) in [6.45, 7) is 0.363. The van der Waals surface area contributed by atoms with Gasteiger partial charge in [0.15, 0.2) is 0 Å². The third kappa shape index (κ3) is 3.33. The number of rotatable bonds is 5. The van der Waals surface area contributed by atoms with E-state index in [0.29, 0.717) is 31.4 Å². The lowest BCUT2D eigenvalue weighted by Gasteiger charge is -2.25. The SMILES string of the molecule is NCC/C(N)=C/N(N)c1ccc2c(c1C(=O)O)OB(O)CC2. The van der Waals surface area contributed by atoms with Crippen molar-refractivity contribution >= 4 is 18.8 Å². The van der Waals surface area contributed by atoms with Crippen LogP contribution in [0, 0.1) is 0 Å². The maximum Gasteiger partial charge on any atom is 0.522 e. The van der Waals surface area contributed by atoms with Gasteiger partial charge in [-0.05, 0) is 30.9 Å². The van der Waals surface area contributed by atoms with Gasteiger partial charge in [0.05, 0.1) is 5.69 Å². The van der Waals surface area contributed by atoms with E-state index in [2.05, 4.69) is 0 Å². The van der Waals surface area contributed by atoms with Crippen molar-refractivity contribution in [2.24, 2.45) is 17.3 Å². The molecule has 1 aromatic carbocycles. The van der Waals surface area contributed by atoms with Gasteiger partial charge in [-0.15, -0.1) is 0 Å². The molecule has 0 amide bonds. The number of carboxylic acid groups (broad SMARTS) is 1. The first-order valence-electron chi connectivity index (χ1n) is 6.88. The fourth-order valence-electron chi connectivity index (χ4n) is 2.32. The summed E-state index contributed by atoms with van der Waals surface area (Å²) in [6.07, 6.45) is 2.81. The van der Waals surface area contributed by atoms with Gasteiger partial charge in [0.1, 0.15) is 11.3 Å². The summed E-state index contributed by atoms with van der Waals surface area (Å²) >= 11 is 0. The monoisotopic (exact) mass is 306 g/mol. The summed E-state index contributed by atoms with van der Waals surface area (Å²) in [6, 6.07) is 3.32. The molecule has 0 saturated heterocycles. The largest absolute Gasteiger partial charge is 0.535 e. The standard InChI is InChI=1S/C13H19BN4O4/c15-6-4-9(16)7-18(17)10-2-1-8-3-5-14(21)22-12(8)11(10)13(19)20/h1-2,7,21H,3-6,15-17H2,(H,19,20)/b9-7-. The van der Waals surface area contributed by atoms with E-state index in [1.807, 2.05) is 0 Å². The lowest BCUT2D eigenvalue weighted by atomic mass is 9.78. The van der Waals surface area contributed by atoms with Crippen molar-refractivity contribution in [1.29, 1.82) is 0 Å². The number of carbonyl (C=O) groups is 1. The molecule has 0 aliphatic carbocycles. The minimum atomic E-state index is -1.19. The van der Waals surface area contributed by atoms with Crippen LogP contribution in [0.2, 0.25) is 6.32 Å². The molecule has 0 aromatic heterocycles. The van der Waals surface area contributed by atoms with E-state index in [1.165, 1.54) is 6.20 Å². The van der Waals surface area contributed by atoms with Crippen molar-refractivity contribution < 1.29 is 19.6 Å². The van der Waals surface area contributed by atoms with Crippen LogP contribution >= 0.6 is 0 Å². The van der Waals surface area contributed by atoms with Gasteiger partial charge < -0.3 is 26.3 Å². The first-order chi connectivity index (χ1) is 10.4. The first kappa shape index (κ1) is 16.2. The van der Waals surface area contributed by atoms with Gasteiger partial charge in [-0.25, -0.2) is 10.6 Å². The lowest BCUT2D eigenvalue weighted by molar-refractivity contribution is 0.0695. The van der Waals surface area contributed by atoms with Crippen LogP contribution in [0.25, 0.3) is 0 Å². The fourth-order valence-corrected chi connectivity index (χ4v) is 2.32. The molecular weight excluding hydrogens is 287 g/mol. The van der Waals surface area contributed by atoms with E-state index in [1.54, 1.807) is 12.1 Å². The van der Waals surface area contributed by atoms with Crippen LogP contribution < -0.4 is 27.0 Å². The van der Waals surface area contributed by atoms with Gasteiger partial charge in [-0.3, -0.25) is 5.01 Å². The Labute approximate surface area is 128 Å². The Morgan fingerprint density at radius 2 is 2.23 bits per heavy atom. The maximum atomic E-state index is 11.6. The van der Waals surface area contributed by atoms with Crippen molar-refractivity contribution in [2.75, 3.05) is 11.6 Å². The summed E-state index contributed by atoms with van der Waals surface area (Å²) in [5.74, 6) is 4.84. The fraction of sp³-hybridized carbons (Fsp3) is 0.308. The first-order valence-corrected chi connectivity index (χ1v) is 6.88. The van der Waals surface area contributed by atoms with Crippen LogP contribution in [0.5, 0.6) is 5.75 Å². The molecule has 2 rings (SSSR count). The number of hydrogen-bond acceptors (Lipinski definition) is 7. The number of aromatic carboxylic acids is 1. The smallest absolute Gasteiger partial charge is 0.522 e. The molecule has 118 valence electrons. The van der Waals surface area contributed by atoms with E-state index in [4.69, 9.17) is 22.0 Å². The highest BCUT2D eigenvalue weighted by Crippen LogP contribution is 2.36. The highest BCUT2D eigenvalue weighted by Gasteiger charge is 2.30. The zero-order valence-corrected chi connectivity index (χ0v) is 12.0. The van der Waals surface area contributed by atoms with Crippen LogP contribution in [0.3, 0.4) is 0 Å². The van der Waals surface area contributed by atoms with Gasteiger partial charge in [0.2, 0.25) is 0 Å². The van der Waals surface area contributed by atoms with Crippen molar-refractivity contribution in [1.82, 2.24) is 0 Å². The summed E-state index contributed by atoms with van der Waals surface area (Å²) in [7, 11) is -1.02. The third-order valence-electron chi connectivity index (χ3n) is 3.36. The average Bonchev–Trinajstić information content (AvgIpc) is 2.45. The zero-order chi connectivity index (χ0) is 16.3. The summed E-state index contributed by atoms with van der Waals surface area (Å²) in [5.41, 5.74) is 12.4. The molecule has 0 unspecified atom stereocenters. The van der Waals surface area contributed by atoms with Crippen molar-refractivity contribution in [3.8, 4) is 5.75 Å². The summed E-state index contributed by atoms with van der Waals surface area (Å²) in [5, 5.41) is 20.2. The van der Waals surface area contributed by atoms with Crippen LogP contribution in [0.1, 0.15) is 22.3 Å². The second kappa shape index (κ2) is 6.69.